The van der Waals surface area contributed by atoms with Gasteiger partial charge in [-0.3, -0.25) is 5.41 Å². The smallest absolute Gasteiger partial charge is 0.125 e. The number of aryl methyl sites for hydroxylation is 1. The van der Waals surface area contributed by atoms with Crippen LogP contribution >= 0.6 is 0 Å². The molecule has 1 aliphatic heterocycles. The van der Waals surface area contributed by atoms with Crippen LogP contribution in [0.3, 0.4) is 0 Å². The number of hydrogen-bond donors (Lipinski definition) is 3. The molecule has 3 N–H and O–H groups in total. The number of rotatable bonds is 3. The van der Waals surface area contributed by atoms with Crippen molar-refractivity contribution >= 4 is 17.8 Å². The summed E-state index contributed by atoms with van der Waals surface area (Å²) < 4.78 is 0. The summed E-state index contributed by atoms with van der Waals surface area (Å²) in [5, 5.41) is 18.9. The molecule has 0 spiro atoms. The van der Waals surface area contributed by atoms with Crippen molar-refractivity contribution in [2.45, 2.75) is 19.8 Å². The van der Waals surface area contributed by atoms with E-state index in [0.29, 0.717) is 11.5 Å². The van der Waals surface area contributed by atoms with Crippen molar-refractivity contribution < 1.29 is 0 Å². The van der Waals surface area contributed by atoms with E-state index in [9.17, 15) is 0 Å². The molecule has 4 nitrogen and oxygen atoms in total. The average molecular weight is 256 g/mol. The van der Waals surface area contributed by atoms with Crippen LogP contribution in [0.2, 0.25) is 0 Å². The normalized spacial score (nSPS) is 20.1. The molecule has 2 rings (SSSR count). The molecule has 1 aromatic rings. The van der Waals surface area contributed by atoms with Crippen molar-refractivity contribution in [3.05, 3.63) is 35.4 Å². The first-order valence-electron chi connectivity index (χ1n) is 6.66. The van der Waals surface area contributed by atoms with Crippen molar-refractivity contribution in [1.29, 1.82) is 10.8 Å². The van der Waals surface area contributed by atoms with Gasteiger partial charge in [0, 0.05) is 24.2 Å². The van der Waals surface area contributed by atoms with Gasteiger partial charge in [-0.1, -0.05) is 24.3 Å². The number of nitrogens with one attached hydrogen (secondary N) is 3. The van der Waals surface area contributed by atoms with Crippen LogP contribution in [0.15, 0.2) is 29.3 Å². The van der Waals surface area contributed by atoms with Crippen LogP contribution in [0, 0.1) is 23.7 Å². The minimum Gasteiger partial charge on any atom is -0.316 e. The maximum absolute atomic E-state index is 8.11. The van der Waals surface area contributed by atoms with Gasteiger partial charge in [-0.15, -0.1) is 0 Å². The lowest BCUT2D eigenvalue weighted by atomic mass is 9.98. The topological polar surface area (TPSA) is 72.1 Å². The zero-order chi connectivity index (χ0) is 13.7. The van der Waals surface area contributed by atoms with Crippen molar-refractivity contribution in [2.24, 2.45) is 10.9 Å². The van der Waals surface area contributed by atoms with Crippen LogP contribution in [0.1, 0.15) is 24.0 Å². The predicted molar refractivity (Wildman–Crippen MR) is 79.8 cm³/mol. The molecule has 1 atom stereocenters. The lowest BCUT2D eigenvalue weighted by molar-refractivity contribution is 0.455. The van der Waals surface area contributed by atoms with Gasteiger partial charge in [0.1, 0.15) is 5.84 Å². The third-order valence-corrected chi connectivity index (χ3v) is 3.48. The second-order valence-electron chi connectivity index (χ2n) is 4.88. The number of benzene rings is 1. The Kier molecular flexibility index (Phi) is 4.58. The molecule has 1 unspecified atom stereocenters. The first-order valence-corrected chi connectivity index (χ1v) is 6.66. The third-order valence-electron chi connectivity index (χ3n) is 3.48. The number of hydrogen-bond acceptors (Lipinski definition) is 3. The van der Waals surface area contributed by atoms with Crippen LogP contribution in [-0.2, 0) is 0 Å². The standard InChI is InChI=1S/C15H20N4/c1-11-5-2-3-7-13(11)14(9-16)19-15(17)12-6-4-8-18-10-12/h2-3,5,7,9,12,16-18H,4,6,8,10H2,1H3. The van der Waals surface area contributed by atoms with E-state index in [-0.39, 0.29) is 5.92 Å². The van der Waals surface area contributed by atoms with Gasteiger partial charge < -0.3 is 10.7 Å². The van der Waals surface area contributed by atoms with Gasteiger partial charge in [-0.05, 0) is 31.9 Å². The van der Waals surface area contributed by atoms with E-state index in [1.54, 1.807) is 0 Å². The fourth-order valence-corrected chi connectivity index (χ4v) is 2.34. The van der Waals surface area contributed by atoms with Gasteiger partial charge >= 0.3 is 0 Å². The zero-order valence-electron chi connectivity index (χ0n) is 11.2. The average Bonchev–Trinajstić information content (AvgIpc) is 2.46. The minimum atomic E-state index is 0.174. The third kappa shape index (κ3) is 3.35. The molecule has 1 heterocycles. The Bertz CT molecular complexity index is 499. The molecule has 0 aromatic heterocycles. The lowest BCUT2D eigenvalue weighted by Crippen LogP contribution is -2.34. The highest BCUT2D eigenvalue weighted by atomic mass is 14.9. The highest BCUT2D eigenvalue weighted by Crippen LogP contribution is 2.14. The lowest BCUT2D eigenvalue weighted by Gasteiger charge is -2.21. The van der Waals surface area contributed by atoms with Crippen molar-refractivity contribution in [2.75, 3.05) is 13.1 Å². The summed E-state index contributed by atoms with van der Waals surface area (Å²) in [6.07, 6.45) is 3.34. The minimum absolute atomic E-state index is 0.174. The van der Waals surface area contributed by atoms with Crippen molar-refractivity contribution in [3.8, 4) is 0 Å². The van der Waals surface area contributed by atoms with E-state index in [4.69, 9.17) is 10.8 Å². The van der Waals surface area contributed by atoms with Gasteiger partial charge in [0.15, 0.2) is 0 Å². The summed E-state index contributed by atoms with van der Waals surface area (Å²) in [5.74, 6) is 0.557. The Morgan fingerprint density at radius 1 is 1.42 bits per heavy atom. The maximum atomic E-state index is 8.11. The number of nitrogens with zero attached hydrogens (tertiary/aromatic N) is 1. The van der Waals surface area contributed by atoms with Gasteiger partial charge in [-0.25, -0.2) is 4.99 Å². The van der Waals surface area contributed by atoms with Crippen LogP contribution in [0.25, 0.3) is 0 Å². The van der Waals surface area contributed by atoms with Crippen LogP contribution in [-0.4, -0.2) is 30.9 Å². The van der Waals surface area contributed by atoms with E-state index in [0.717, 1.165) is 37.1 Å². The summed E-state index contributed by atoms with van der Waals surface area (Å²) in [5.41, 5.74) is 2.60. The maximum Gasteiger partial charge on any atom is 0.125 e. The molecule has 100 valence electrons. The summed E-state index contributed by atoms with van der Waals surface area (Å²) in [4.78, 5) is 4.37. The van der Waals surface area contributed by atoms with Crippen LogP contribution < -0.4 is 5.32 Å². The summed E-state index contributed by atoms with van der Waals surface area (Å²) >= 11 is 0. The number of piperidine rings is 1. The molecular formula is C15H20N4. The number of aliphatic imine (C=N–C) groups is 1. The van der Waals surface area contributed by atoms with Gasteiger partial charge in [-0.2, -0.15) is 0 Å². The van der Waals surface area contributed by atoms with Gasteiger partial charge in [0.25, 0.3) is 0 Å². The second kappa shape index (κ2) is 6.38. The molecule has 0 aliphatic carbocycles. The molecule has 19 heavy (non-hydrogen) atoms. The molecular weight excluding hydrogens is 236 g/mol. The fourth-order valence-electron chi connectivity index (χ4n) is 2.34. The second-order valence-corrected chi connectivity index (χ2v) is 4.88. The molecule has 1 fully saturated rings. The quantitative estimate of drug-likeness (QED) is 0.564. The predicted octanol–water partition coefficient (Wildman–Crippen LogP) is 2.41. The Balaban J connectivity index is 2.21. The molecule has 1 aromatic carbocycles. The van der Waals surface area contributed by atoms with Gasteiger partial charge in [0.05, 0.1) is 5.71 Å². The van der Waals surface area contributed by atoms with E-state index < -0.39 is 0 Å². The molecule has 4 heteroatoms. The van der Waals surface area contributed by atoms with Gasteiger partial charge in [0.2, 0.25) is 0 Å². The van der Waals surface area contributed by atoms with E-state index in [1.165, 1.54) is 6.21 Å². The Morgan fingerprint density at radius 2 is 2.21 bits per heavy atom. The van der Waals surface area contributed by atoms with Crippen LogP contribution in [0.5, 0.6) is 0 Å². The zero-order valence-corrected chi connectivity index (χ0v) is 11.2. The van der Waals surface area contributed by atoms with Crippen molar-refractivity contribution in [3.63, 3.8) is 0 Å². The fraction of sp³-hybridized carbons (Fsp3) is 0.400. The summed E-state index contributed by atoms with van der Waals surface area (Å²) in [6, 6.07) is 7.86. The Labute approximate surface area is 114 Å². The molecule has 0 radical (unpaired) electrons. The highest BCUT2D eigenvalue weighted by Gasteiger charge is 2.18. The Morgan fingerprint density at radius 3 is 2.84 bits per heavy atom. The first kappa shape index (κ1) is 13.6. The Hall–Kier alpha value is -1.81. The SMILES string of the molecule is Cc1ccccc1C(C=N)=NC(=N)C1CCCNC1. The molecule has 0 saturated carbocycles. The van der Waals surface area contributed by atoms with E-state index in [2.05, 4.69) is 10.3 Å². The molecule has 0 amide bonds. The molecule has 0 bridgehead atoms. The van der Waals surface area contributed by atoms with E-state index >= 15 is 0 Å². The summed E-state index contributed by atoms with van der Waals surface area (Å²) in [7, 11) is 0. The first-order chi connectivity index (χ1) is 9.22. The van der Waals surface area contributed by atoms with E-state index in [1.807, 2.05) is 31.2 Å². The molecule has 1 aliphatic rings. The van der Waals surface area contributed by atoms with Crippen molar-refractivity contribution in [1.82, 2.24) is 5.32 Å². The number of amidine groups is 1. The van der Waals surface area contributed by atoms with Crippen LogP contribution in [0.4, 0.5) is 0 Å². The molecule has 1 saturated heterocycles. The largest absolute Gasteiger partial charge is 0.316 e. The highest BCUT2D eigenvalue weighted by molar-refractivity contribution is 6.39. The summed E-state index contributed by atoms with van der Waals surface area (Å²) in [6.45, 7) is 3.85. The monoisotopic (exact) mass is 256 g/mol.